The van der Waals surface area contributed by atoms with Gasteiger partial charge in [0.05, 0.1) is 17.1 Å². The van der Waals surface area contributed by atoms with Crippen molar-refractivity contribution in [1.82, 2.24) is 10.2 Å². The summed E-state index contributed by atoms with van der Waals surface area (Å²) in [6.07, 6.45) is 0. The van der Waals surface area contributed by atoms with E-state index in [0.717, 1.165) is 15.7 Å². The summed E-state index contributed by atoms with van der Waals surface area (Å²) in [5.74, 6) is -6.59. The molecule has 5 nitrogen and oxygen atoms in total. The molecular formula is C23H17BrClF4N3O2S. The van der Waals surface area contributed by atoms with E-state index in [-0.39, 0.29) is 36.9 Å². The highest BCUT2D eigenvalue weighted by atomic mass is 79.9. The average Bonchev–Trinajstić information content (AvgIpc) is 2.86. The second-order valence-corrected chi connectivity index (χ2v) is 9.20. The largest absolute Gasteiger partial charge is 0.495 e. The number of anilines is 1. The van der Waals surface area contributed by atoms with Crippen molar-refractivity contribution in [1.29, 1.82) is 0 Å². The SMILES string of the molecule is COc1c(C(=O)NC(=S)N2CCN(c3c(F)c(F)c(Cl)c(F)c3F)CC2)cc2ccccc2c1Br. The summed E-state index contributed by atoms with van der Waals surface area (Å²) in [4.78, 5) is 15.8. The van der Waals surface area contributed by atoms with Crippen molar-refractivity contribution in [3.8, 4) is 5.75 Å². The van der Waals surface area contributed by atoms with Crippen LogP contribution in [0, 0.1) is 23.3 Å². The van der Waals surface area contributed by atoms with E-state index in [1.807, 2.05) is 24.3 Å². The van der Waals surface area contributed by atoms with E-state index in [4.69, 9.17) is 28.6 Å². The van der Waals surface area contributed by atoms with Gasteiger partial charge in [0.1, 0.15) is 16.5 Å². The summed E-state index contributed by atoms with van der Waals surface area (Å²) in [5.41, 5.74) is -0.569. The van der Waals surface area contributed by atoms with E-state index < -0.39 is 39.9 Å². The molecule has 1 aliphatic rings. The molecule has 0 aromatic heterocycles. The van der Waals surface area contributed by atoms with Crippen molar-refractivity contribution in [2.24, 2.45) is 0 Å². The van der Waals surface area contributed by atoms with Crippen molar-refractivity contribution >= 4 is 67.2 Å². The third-order valence-electron chi connectivity index (χ3n) is 5.68. The van der Waals surface area contributed by atoms with Gasteiger partial charge in [0.15, 0.2) is 28.4 Å². The highest BCUT2D eigenvalue weighted by Crippen LogP contribution is 2.37. The number of fused-ring (bicyclic) bond motifs is 1. The number of thiocarbonyl (C=S) groups is 1. The number of ether oxygens (including phenoxy) is 1. The summed E-state index contributed by atoms with van der Waals surface area (Å²) in [6, 6.07) is 9.14. The minimum absolute atomic E-state index is 0.00476. The predicted octanol–water partition coefficient (Wildman–Crippen LogP) is 5.66. The van der Waals surface area contributed by atoms with Gasteiger partial charge in [-0.3, -0.25) is 10.1 Å². The number of piperazine rings is 1. The van der Waals surface area contributed by atoms with Gasteiger partial charge < -0.3 is 14.5 Å². The van der Waals surface area contributed by atoms with Gasteiger partial charge in [0, 0.05) is 26.2 Å². The number of benzene rings is 3. The highest BCUT2D eigenvalue weighted by Gasteiger charge is 2.31. The monoisotopic (exact) mass is 589 g/mol. The Morgan fingerprint density at radius 2 is 1.66 bits per heavy atom. The molecule has 12 heteroatoms. The fourth-order valence-corrected chi connectivity index (χ4v) is 5.08. The summed E-state index contributed by atoms with van der Waals surface area (Å²) < 4.78 is 62.4. The molecule has 0 unspecified atom stereocenters. The Morgan fingerprint density at radius 3 is 2.26 bits per heavy atom. The van der Waals surface area contributed by atoms with E-state index in [0.29, 0.717) is 10.2 Å². The molecule has 0 aliphatic carbocycles. The van der Waals surface area contributed by atoms with E-state index >= 15 is 0 Å². The van der Waals surface area contributed by atoms with Crippen molar-refractivity contribution < 1.29 is 27.1 Å². The van der Waals surface area contributed by atoms with Crippen LogP contribution < -0.4 is 15.0 Å². The number of rotatable bonds is 3. The third kappa shape index (κ3) is 4.64. The van der Waals surface area contributed by atoms with Gasteiger partial charge >= 0.3 is 0 Å². The lowest BCUT2D eigenvalue weighted by atomic mass is 10.1. The molecule has 0 saturated carbocycles. The first kappa shape index (κ1) is 25.5. The number of halogens is 6. The first-order valence-corrected chi connectivity index (χ1v) is 11.9. The van der Waals surface area contributed by atoms with Gasteiger partial charge in [-0.2, -0.15) is 0 Å². The molecular weight excluding hydrogens is 574 g/mol. The van der Waals surface area contributed by atoms with Crippen molar-refractivity contribution in [3.05, 3.63) is 68.7 Å². The molecule has 1 amide bonds. The Hall–Kier alpha value is -2.63. The molecule has 3 aromatic carbocycles. The lowest BCUT2D eigenvalue weighted by Crippen LogP contribution is -2.53. The molecule has 4 rings (SSSR count). The summed E-state index contributed by atoms with van der Waals surface area (Å²) >= 11 is 14.1. The number of carbonyl (C=O) groups is 1. The maximum atomic E-state index is 14.3. The molecule has 184 valence electrons. The van der Waals surface area contributed by atoms with Crippen LogP contribution in [0.3, 0.4) is 0 Å². The van der Waals surface area contributed by atoms with Crippen LogP contribution in [0.1, 0.15) is 10.4 Å². The Morgan fingerprint density at radius 1 is 1.06 bits per heavy atom. The van der Waals surface area contributed by atoms with Crippen LogP contribution >= 0.6 is 39.7 Å². The van der Waals surface area contributed by atoms with Crippen LogP contribution in [0.4, 0.5) is 23.2 Å². The number of hydrogen-bond acceptors (Lipinski definition) is 4. The van der Waals surface area contributed by atoms with Crippen molar-refractivity contribution in [2.75, 3.05) is 38.2 Å². The third-order valence-corrected chi connectivity index (χ3v) is 7.16. The van der Waals surface area contributed by atoms with Gasteiger partial charge in [-0.05, 0) is 45.0 Å². The zero-order chi connectivity index (χ0) is 25.4. The van der Waals surface area contributed by atoms with E-state index in [1.54, 1.807) is 11.0 Å². The minimum atomic E-state index is -1.65. The molecule has 3 aromatic rings. The molecule has 35 heavy (non-hydrogen) atoms. The number of nitrogens with one attached hydrogen (secondary N) is 1. The van der Waals surface area contributed by atoms with Crippen LogP contribution in [0.25, 0.3) is 10.8 Å². The fraction of sp³-hybridized carbons (Fsp3) is 0.217. The van der Waals surface area contributed by atoms with Gasteiger partial charge in [-0.15, -0.1) is 0 Å². The smallest absolute Gasteiger partial charge is 0.261 e. The standard InChI is InChI=1S/C23H17BrClF4N3O2S/c1-34-21-13(10-11-4-2-3-5-12(11)14(21)24)22(33)30-23(35)32-8-6-31(7-9-32)20-18(28)16(26)15(25)17(27)19(20)29/h2-5,10H,6-9H2,1H3,(H,30,33,35). The zero-order valence-corrected chi connectivity index (χ0v) is 21.3. The van der Waals surface area contributed by atoms with Gasteiger partial charge in [-0.25, -0.2) is 17.6 Å². The Bertz CT molecular complexity index is 1320. The van der Waals surface area contributed by atoms with Crippen LogP contribution in [0.5, 0.6) is 5.75 Å². The number of hydrogen-bond donors (Lipinski definition) is 1. The quantitative estimate of drug-likeness (QED) is 0.185. The molecule has 1 fully saturated rings. The lowest BCUT2D eigenvalue weighted by molar-refractivity contribution is 0.0970. The van der Waals surface area contributed by atoms with Crippen molar-refractivity contribution in [2.45, 2.75) is 0 Å². The first-order chi connectivity index (χ1) is 16.6. The molecule has 1 saturated heterocycles. The maximum Gasteiger partial charge on any atom is 0.261 e. The van der Waals surface area contributed by atoms with E-state index in [2.05, 4.69) is 21.2 Å². The first-order valence-electron chi connectivity index (χ1n) is 10.3. The molecule has 1 aliphatic heterocycles. The molecule has 0 atom stereocenters. The number of carbonyl (C=O) groups excluding carboxylic acids is 1. The Balaban J connectivity index is 1.48. The zero-order valence-electron chi connectivity index (χ0n) is 18.1. The topological polar surface area (TPSA) is 44.8 Å². The number of methoxy groups -OCH3 is 1. The summed E-state index contributed by atoms with van der Waals surface area (Å²) in [6.45, 7) is 0.273. The Kier molecular flexibility index (Phi) is 7.39. The van der Waals surface area contributed by atoms with Crippen molar-refractivity contribution in [3.63, 3.8) is 0 Å². The number of nitrogens with zero attached hydrogens (tertiary/aromatic N) is 2. The molecule has 0 spiro atoms. The molecule has 0 radical (unpaired) electrons. The Labute approximate surface area is 216 Å². The minimum Gasteiger partial charge on any atom is -0.495 e. The average molecular weight is 591 g/mol. The second kappa shape index (κ2) is 10.2. The van der Waals surface area contributed by atoms with Crippen LogP contribution in [0.2, 0.25) is 5.02 Å². The van der Waals surface area contributed by atoms with Crippen LogP contribution in [-0.4, -0.2) is 49.2 Å². The van der Waals surface area contributed by atoms with E-state index in [9.17, 15) is 22.4 Å². The molecule has 1 N–H and O–H groups in total. The predicted molar refractivity (Wildman–Crippen MR) is 133 cm³/mol. The highest BCUT2D eigenvalue weighted by molar-refractivity contribution is 9.10. The number of amides is 1. The fourth-order valence-electron chi connectivity index (χ4n) is 3.90. The van der Waals surface area contributed by atoms with Gasteiger partial charge in [-0.1, -0.05) is 35.9 Å². The second-order valence-electron chi connectivity index (χ2n) is 7.64. The summed E-state index contributed by atoms with van der Waals surface area (Å²) in [5, 5.41) is 3.19. The maximum absolute atomic E-state index is 14.3. The van der Waals surface area contributed by atoms with Gasteiger partial charge in [0.25, 0.3) is 5.91 Å². The summed E-state index contributed by atoms with van der Waals surface area (Å²) in [7, 11) is 1.45. The van der Waals surface area contributed by atoms with Crippen LogP contribution in [0.15, 0.2) is 34.8 Å². The van der Waals surface area contributed by atoms with Crippen LogP contribution in [-0.2, 0) is 0 Å². The normalized spacial score (nSPS) is 13.8. The van der Waals surface area contributed by atoms with Gasteiger partial charge in [0.2, 0.25) is 0 Å². The molecule has 0 bridgehead atoms. The van der Waals surface area contributed by atoms with E-state index in [1.165, 1.54) is 7.11 Å². The molecule has 1 heterocycles. The lowest BCUT2D eigenvalue weighted by Gasteiger charge is -2.37.